The highest BCUT2D eigenvalue weighted by Gasteiger charge is 2.26. The van der Waals surface area contributed by atoms with Crippen LogP contribution in [0.5, 0.6) is 11.5 Å². The van der Waals surface area contributed by atoms with Crippen molar-refractivity contribution in [3.8, 4) is 11.5 Å². The number of nitrogens with two attached hydrogens (primary N) is 2. The van der Waals surface area contributed by atoms with Crippen LogP contribution in [0, 0.1) is 5.92 Å². The van der Waals surface area contributed by atoms with Crippen LogP contribution in [0.4, 0.5) is 0 Å². The zero-order valence-corrected chi connectivity index (χ0v) is 20.0. The van der Waals surface area contributed by atoms with Crippen LogP contribution < -0.4 is 20.5 Å². The van der Waals surface area contributed by atoms with Crippen LogP contribution in [0.2, 0.25) is 0 Å². The van der Waals surface area contributed by atoms with E-state index in [1.54, 1.807) is 0 Å². The van der Waals surface area contributed by atoms with Gasteiger partial charge in [0.25, 0.3) is 0 Å². The van der Waals surface area contributed by atoms with Gasteiger partial charge in [-0.15, -0.1) is 0 Å². The van der Waals surface area contributed by atoms with E-state index in [4.69, 9.17) is 29.6 Å². The monoisotopic (exact) mass is 498 g/mol. The molecule has 1 aromatic rings. The molecule has 0 amide bonds. The Kier molecular flexibility index (Phi) is 14.3. The summed E-state index contributed by atoms with van der Waals surface area (Å²) in [5, 5.41) is 9.34. The van der Waals surface area contributed by atoms with Gasteiger partial charge in [-0.3, -0.25) is 18.8 Å². The molecule has 0 aliphatic carbocycles. The maximum Gasteiger partial charge on any atom is 0.527 e. The summed E-state index contributed by atoms with van der Waals surface area (Å²) in [6, 6.07) is 5.18. The molecule has 1 rings (SSSR count). The van der Waals surface area contributed by atoms with E-state index in [0.717, 1.165) is 32.1 Å². The van der Waals surface area contributed by atoms with Crippen molar-refractivity contribution in [1.82, 2.24) is 0 Å². The van der Waals surface area contributed by atoms with Gasteiger partial charge in [0.1, 0.15) is 11.5 Å². The molecule has 0 aliphatic rings. The normalized spacial score (nSPS) is 16.2. The molecule has 0 fully saturated rings. The fourth-order valence-corrected chi connectivity index (χ4v) is 4.31. The lowest BCUT2D eigenvalue weighted by molar-refractivity contribution is 0.126. The van der Waals surface area contributed by atoms with E-state index >= 15 is 0 Å². The van der Waals surface area contributed by atoms with Gasteiger partial charge in [-0.05, 0) is 63.0 Å². The smallest absolute Gasteiger partial charge is 0.404 e. The number of benzene rings is 1. The average Bonchev–Trinajstić information content (AvgIpc) is 2.74. The van der Waals surface area contributed by atoms with Crippen molar-refractivity contribution in [2.75, 3.05) is 32.9 Å². The predicted molar refractivity (Wildman–Crippen MR) is 120 cm³/mol. The summed E-state index contributed by atoms with van der Waals surface area (Å²) in [6.07, 6.45) is 5.43. The van der Waals surface area contributed by atoms with E-state index in [9.17, 15) is 24.0 Å². The Bertz CT molecular complexity index is 721. The number of rotatable bonds is 19. The third kappa shape index (κ3) is 13.5. The summed E-state index contributed by atoms with van der Waals surface area (Å²) in [7, 11) is -8.71. The number of aliphatic hydroxyl groups excluding tert-OH is 1. The highest BCUT2D eigenvalue weighted by atomic mass is 31.2. The Balaban J connectivity index is 2.46. The number of phosphoric ester groups is 2. The molecule has 0 spiro atoms. The first-order valence-corrected chi connectivity index (χ1v) is 13.7. The van der Waals surface area contributed by atoms with Gasteiger partial charge < -0.3 is 25.6 Å². The third-order valence-corrected chi connectivity index (χ3v) is 6.28. The molecule has 0 saturated heterocycles. The zero-order valence-electron chi connectivity index (χ0n) is 18.2. The molecule has 11 nitrogen and oxygen atoms in total. The van der Waals surface area contributed by atoms with Gasteiger partial charge in [0, 0.05) is 12.5 Å². The highest BCUT2D eigenvalue weighted by molar-refractivity contribution is 7.48. The molecule has 3 atom stereocenters. The second-order valence-corrected chi connectivity index (χ2v) is 10.0. The van der Waals surface area contributed by atoms with Crippen LogP contribution in [0.25, 0.3) is 0 Å². The minimum absolute atomic E-state index is 0.000424. The molecule has 13 heteroatoms. The number of hydrogen-bond acceptors (Lipinski definition) is 9. The van der Waals surface area contributed by atoms with E-state index in [2.05, 4.69) is 0 Å². The second kappa shape index (κ2) is 15.8. The molecule has 0 aromatic heterocycles. The first-order chi connectivity index (χ1) is 15.2. The van der Waals surface area contributed by atoms with E-state index in [0.29, 0.717) is 25.9 Å². The number of hydrogen-bond donors (Lipinski definition) is 5. The van der Waals surface area contributed by atoms with Gasteiger partial charge in [-0.1, -0.05) is 19.3 Å². The summed E-state index contributed by atoms with van der Waals surface area (Å²) in [5.74, 6) is -0.276. The molecule has 7 N–H and O–H groups in total. The average molecular weight is 498 g/mol. The van der Waals surface area contributed by atoms with Crippen LogP contribution in [-0.2, 0) is 18.2 Å². The summed E-state index contributed by atoms with van der Waals surface area (Å²) in [5.41, 5.74) is 10.8. The van der Waals surface area contributed by atoms with Crippen LogP contribution >= 0.6 is 15.6 Å². The Morgan fingerprint density at radius 2 is 1.28 bits per heavy atom. The Morgan fingerprint density at radius 3 is 1.81 bits per heavy atom. The number of unbranched alkanes of at least 4 members (excludes halogenated alkanes) is 4. The molecule has 0 bridgehead atoms. The highest BCUT2D eigenvalue weighted by Crippen LogP contribution is 2.46. The van der Waals surface area contributed by atoms with Gasteiger partial charge in [0.05, 0.1) is 13.2 Å². The van der Waals surface area contributed by atoms with Crippen LogP contribution in [0.15, 0.2) is 24.3 Å². The molecule has 0 radical (unpaired) electrons. The van der Waals surface area contributed by atoms with Crippen LogP contribution in [-0.4, -0.2) is 47.8 Å². The zero-order chi connectivity index (χ0) is 23.9. The minimum Gasteiger partial charge on any atom is -0.404 e. The molecule has 3 unspecified atom stereocenters. The topological polar surface area (TPSA) is 184 Å². The van der Waals surface area contributed by atoms with Crippen molar-refractivity contribution in [3.63, 3.8) is 0 Å². The van der Waals surface area contributed by atoms with Crippen molar-refractivity contribution in [3.05, 3.63) is 24.3 Å². The lowest BCUT2D eigenvalue weighted by Gasteiger charge is -2.18. The van der Waals surface area contributed by atoms with Gasteiger partial charge in [-0.2, -0.15) is 0 Å². The van der Waals surface area contributed by atoms with Crippen molar-refractivity contribution >= 4 is 15.6 Å². The Hall–Kier alpha value is -1.00. The van der Waals surface area contributed by atoms with Crippen molar-refractivity contribution in [2.24, 2.45) is 17.4 Å². The first kappa shape index (κ1) is 29.0. The van der Waals surface area contributed by atoms with E-state index in [1.165, 1.54) is 24.3 Å². The van der Waals surface area contributed by atoms with Crippen LogP contribution in [0.1, 0.15) is 44.9 Å². The molecule has 0 aliphatic heterocycles. The molecule has 32 heavy (non-hydrogen) atoms. The first-order valence-electron chi connectivity index (χ1n) is 10.7. The predicted octanol–water partition coefficient (Wildman–Crippen LogP) is 2.93. The maximum absolute atomic E-state index is 12.1. The number of phosphoric acid groups is 2. The standard InChI is InChI=1S/C19H36N2O9P2/c20-12-4-1-2-6-14-27-31(23,24)29-18-8-10-19(11-9-18)30-32(25,26)28-16-17(15-22)7-3-5-13-21/h8-11,17,22H,1-7,12-16,20-21H2,(H,23,24)(H,25,26). The van der Waals surface area contributed by atoms with Gasteiger partial charge in [0.2, 0.25) is 0 Å². The molecule has 0 saturated carbocycles. The molecule has 186 valence electrons. The van der Waals surface area contributed by atoms with Crippen molar-refractivity contribution in [1.29, 1.82) is 0 Å². The Morgan fingerprint density at radius 1 is 0.781 bits per heavy atom. The van der Waals surface area contributed by atoms with Crippen molar-refractivity contribution in [2.45, 2.75) is 44.9 Å². The quantitative estimate of drug-likeness (QED) is 0.140. The van der Waals surface area contributed by atoms with Gasteiger partial charge in [0.15, 0.2) is 0 Å². The van der Waals surface area contributed by atoms with Gasteiger partial charge >= 0.3 is 15.6 Å². The lowest BCUT2D eigenvalue weighted by atomic mass is 10.0. The maximum atomic E-state index is 12.1. The van der Waals surface area contributed by atoms with E-state index in [-0.39, 0.29) is 37.2 Å². The molecule has 0 heterocycles. The summed E-state index contributed by atoms with van der Waals surface area (Å²) in [6.45, 7) is 0.887. The fraction of sp³-hybridized carbons (Fsp3) is 0.684. The largest absolute Gasteiger partial charge is 0.527 e. The molecule has 1 aromatic carbocycles. The van der Waals surface area contributed by atoms with E-state index < -0.39 is 15.6 Å². The van der Waals surface area contributed by atoms with E-state index in [1.807, 2.05) is 0 Å². The number of aliphatic hydroxyl groups is 1. The molecular weight excluding hydrogens is 462 g/mol. The lowest BCUT2D eigenvalue weighted by Crippen LogP contribution is -2.15. The fourth-order valence-electron chi connectivity index (χ4n) is 2.66. The molecular formula is C19H36N2O9P2. The summed E-state index contributed by atoms with van der Waals surface area (Å²) in [4.78, 5) is 19.7. The van der Waals surface area contributed by atoms with Gasteiger partial charge in [-0.25, -0.2) is 9.13 Å². The minimum atomic E-state index is -4.42. The SMILES string of the molecule is NCCCCCCOP(=O)(O)Oc1ccc(OP(=O)(O)OCC(CO)CCCCN)cc1. The Labute approximate surface area is 189 Å². The summed E-state index contributed by atoms with van der Waals surface area (Å²) < 4.78 is 43.9. The second-order valence-electron chi connectivity index (χ2n) is 7.26. The van der Waals surface area contributed by atoms with Crippen LogP contribution in [0.3, 0.4) is 0 Å². The third-order valence-electron chi connectivity index (χ3n) is 4.42. The summed E-state index contributed by atoms with van der Waals surface area (Å²) >= 11 is 0. The van der Waals surface area contributed by atoms with Crippen molar-refractivity contribution < 1.29 is 42.1 Å².